The molecule has 2 aromatic carbocycles. The molecule has 0 saturated heterocycles. The Morgan fingerprint density at radius 2 is 1.75 bits per heavy atom. The van der Waals surface area contributed by atoms with Gasteiger partial charge in [0.15, 0.2) is 0 Å². The van der Waals surface area contributed by atoms with Crippen LogP contribution < -0.4 is 5.73 Å². The van der Waals surface area contributed by atoms with Crippen LogP contribution in [0.25, 0.3) is 21.8 Å². The van der Waals surface area contributed by atoms with Gasteiger partial charge in [-0.05, 0) is 42.7 Å². The van der Waals surface area contributed by atoms with E-state index in [2.05, 4.69) is 24.3 Å². The van der Waals surface area contributed by atoms with Gasteiger partial charge in [0.25, 0.3) is 0 Å². The van der Waals surface area contributed by atoms with Crippen molar-refractivity contribution in [2.24, 2.45) is 0 Å². The molecule has 3 aromatic rings. The molecule has 1 aromatic heterocycles. The summed E-state index contributed by atoms with van der Waals surface area (Å²) in [7, 11) is 0. The van der Waals surface area contributed by atoms with Crippen molar-refractivity contribution >= 4 is 17.0 Å². The Hall–Kier alpha value is -2.13. The van der Waals surface area contributed by atoms with Gasteiger partial charge in [-0.3, -0.25) is 0 Å². The lowest BCUT2D eigenvalue weighted by molar-refractivity contribution is 0.955. The molecule has 4 rings (SSSR count). The molecule has 98 valence electrons. The van der Waals surface area contributed by atoms with Gasteiger partial charge in [-0.15, -0.1) is 11.3 Å². The number of fused-ring (bicyclic) bond motifs is 3. The molecule has 1 heterocycles. The zero-order valence-electron chi connectivity index (χ0n) is 11.0. The lowest BCUT2D eigenvalue weighted by Gasteiger charge is -2.13. The molecule has 0 atom stereocenters. The fourth-order valence-electron chi connectivity index (χ4n) is 2.70. The van der Waals surface area contributed by atoms with E-state index >= 15 is 0 Å². The summed E-state index contributed by atoms with van der Waals surface area (Å²) in [5.74, 6) is 0. The second-order valence-corrected chi connectivity index (χ2v) is 6.15. The first-order valence-electron chi connectivity index (χ1n) is 6.75. The average molecular weight is 278 g/mol. The summed E-state index contributed by atoms with van der Waals surface area (Å²) in [6.07, 6.45) is 2.21. The molecule has 0 fully saturated rings. The van der Waals surface area contributed by atoms with E-state index in [-0.39, 0.29) is 0 Å². The standard InChI is InChI=1S/C17H14N2S/c18-13-8-5-12(6-9-13)17-19-16-14-4-2-1-3-11(14)7-10-15(16)20-17/h1-6,8-9H,7,10,18H2. The number of rotatable bonds is 1. The van der Waals surface area contributed by atoms with Gasteiger partial charge in [-0.2, -0.15) is 0 Å². The summed E-state index contributed by atoms with van der Waals surface area (Å²) < 4.78 is 0. The maximum Gasteiger partial charge on any atom is 0.124 e. The largest absolute Gasteiger partial charge is 0.399 e. The van der Waals surface area contributed by atoms with Crippen molar-refractivity contribution < 1.29 is 0 Å². The second kappa shape index (κ2) is 4.46. The van der Waals surface area contributed by atoms with Crippen molar-refractivity contribution in [3.05, 3.63) is 59.0 Å². The van der Waals surface area contributed by atoms with Crippen LogP contribution in [-0.2, 0) is 12.8 Å². The van der Waals surface area contributed by atoms with Crippen molar-refractivity contribution in [3.8, 4) is 21.8 Å². The molecule has 0 spiro atoms. The zero-order chi connectivity index (χ0) is 13.5. The maximum absolute atomic E-state index is 5.75. The summed E-state index contributed by atoms with van der Waals surface area (Å²) in [6.45, 7) is 0. The second-order valence-electron chi connectivity index (χ2n) is 5.07. The minimum absolute atomic E-state index is 0.792. The fourth-order valence-corrected chi connectivity index (χ4v) is 3.78. The van der Waals surface area contributed by atoms with E-state index in [0.29, 0.717) is 0 Å². The molecule has 2 N–H and O–H groups in total. The van der Waals surface area contributed by atoms with E-state index in [0.717, 1.165) is 29.1 Å². The minimum Gasteiger partial charge on any atom is -0.399 e. The van der Waals surface area contributed by atoms with Crippen LogP contribution in [0, 0.1) is 0 Å². The number of nitrogens with two attached hydrogens (primary N) is 1. The van der Waals surface area contributed by atoms with Crippen LogP contribution in [0.1, 0.15) is 10.4 Å². The molecule has 0 bridgehead atoms. The van der Waals surface area contributed by atoms with Crippen molar-refractivity contribution in [2.75, 3.05) is 5.73 Å². The highest BCUT2D eigenvalue weighted by molar-refractivity contribution is 7.15. The third kappa shape index (κ3) is 1.82. The van der Waals surface area contributed by atoms with Crippen LogP contribution in [0.4, 0.5) is 5.69 Å². The van der Waals surface area contributed by atoms with Gasteiger partial charge >= 0.3 is 0 Å². The Bertz CT molecular complexity index is 772. The summed E-state index contributed by atoms with van der Waals surface area (Å²) >= 11 is 1.81. The summed E-state index contributed by atoms with van der Waals surface area (Å²) in [6, 6.07) is 16.6. The van der Waals surface area contributed by atoms with E-state index in [1.165, 1.54) is 21.7 Å². The summed E-state index contributed by atoms with van der Waals surface area (Å²) in [5.41, 5.74) is 11.6. The molecule has 1 aliphatic carbocycles. The van der Waals surface area contributed by atoms with Crippen molar-refractivity contribution in [1.82, 2.24) is 4.98 Å². The van der Waals surface area contributed by atoms with E-state index in [1.807, 2.05) is 24.3 Å². The first kappa shape index (κ1) is 11.7. The number of aromatic nitrogens is 1. The molecule has 0 unspecified atom stereocenters. The zero-order valence-corrected chi connectivity index (χ0v) is 11.8. The first-order chi connectivity index (χ1) is 9.81. The van der Waals surface area contributed by atoms with Gasteiger partial charge in [0, 0.05) is 21.7 Å². The lowest BCUT2D eigenvalue weighted by atomic mass is 9.94. The monoisotopic (exact) mass is 278 g/mol. The topological polar surface area (TPSA) is 38.9 Å². The van der Waals surface area contributed by atoms with Crippen molar-refractivity contribution in [2.45, 2.75) is 12.8 Å². The normalized spacial score (nSPS) is 12.8. The molecule has 3 heteroatoms. The molecule has 0 saturated carbocycles. The van der Waals surface area contributed by atoms with Gasteiger partial charge in [0.1, 0.15) is 5.01 Å². The Balaban J connectivity index is 1.84. The fraction of sp³-hybridized carbons (Fsp3) is 0.118. The molecule has 0 radical (unpaired) electrons. The third-order valence-electron chi connectivity index (χ3n) is 3.75. The molecule has 2 nitrogen and oxygen atoms in total. The number of benzene rings is 2. The van der Waals surface area contributed by atoms with Crippen LogP contribution in [0.5, 0.6) is 0 Å². The van der Waals surface area contributed by atoms with Gasteiger partial charge in [0.05, 0.1) is 5.69 Å². The Morgan fingerprint density at radius 1 is 0.950 bits per heavy atom. The number of nitrogens with zero attached hydrogens (tertiary/aromatic N) is 1. The van der Waals surface area contributed by atoms with Crippen LogP contribution in [0.3, 0.4) is 0 Å². The minimum atomic E-state index is 0.792. The van der Waals surface area contributed by atoms with E-state index < -0.39 is 0 Å². The lowest BCUT2D eigenvalue weighted by Crippen LogP contribution is -2.01. The quantitative estimate of drug-likeness (QED) is 0.679. The number of hydrogen-bond donors (Lipinski definition) is 1. The molecular formula is C17H14N2S. The predicted molar refractivity (Wildman–Crippen MR) is 84.8 cm³/mol. The maximum atomic E-state index is 5.75. The number of nitrogen functional groups attached to an aromatic ring is 1. The highest BCUT2D eigenvalue weighted by Crippen LogP contribution is 2.39. The van der Waals surface area contributed by atoms with Crippen LogP contribution in [-0.4, -0.2) is 4.98 Å². The molecule has 20 heavy (non-hydrogen) atoms. The first-order valence-corrected chi connectivity index (χ1v) is 7.57. The average Bonchev–Trinajstić information content (AvgIpc) is 2.92. The Morgan fingerprint density at radius 3 is 2.60 bits per heavy atom. The van der Waals surface area contributed by atoms with E-state index in [4.69, 9.17) is 10.7 Å². The van der Waals surface area contributed by atoms with Gasteiger partial charge in [0.2, 0.25) is 0 Å². The molecule has 0 amide bonds. The van der Waals surface area contributed by atoms with Crippen LogP contribution in [0.15, 0.2) is 48.5 Å². The van der Waals surface area contributed by atoms with E-state index in [9.17, 15) is 0 Å². The van der Waals surface area contributed by atoms with Gasteiger partial charge in [-0.1, -0.05) is 24.3 Å². The van der Waals surface area contributed by atoms with Gasteiger partial charge < -0.3 is 5.73 Å². The highest BCUT2D eigenvalue weighted by Gasteiger charge is 2.20. The van der Waals surface area contributed by atoms with Crippen LogP contribution >= 0.6 is 11.3 Å². The Labute approximate surface area is 121 Å². The molecule has 1 aliphatic rings. The van der Waals surface area contributed by atoms with E-state index in [1.54, 1.807) is 11.3 Å². The number of thiazole rings is 1. The summed E-state index contributed by atoms with van der Waals surface area (Å²) in [5, 5.41) is 1.09. The third-order valence-corrected chi connectivity index (χ3v) is 4.91. The number of hydrogen-bond acceptors (Lipinski definition) is 3. The molecule has 0 aliphatic heterocycles. The molecular weight excluding hydrogens is 264 g/mol. The van der Waals surface area contributed by atoms with Gasteiger partial charge in [-0.25, -0.2) is 4.98 Å². The predicted octanol–water partition coefficient (Wildman–Crippen LogP) is 4.16. The SMILES string of the molecule is Nc1ccc(-c2nc3c(s2)CCc2ccccc2-3)cc1. The summed E-state index contributed by atoms with van der Waals surface area (Å²) in [4.78, 5) is 6.27. The van der Waals surface area contributed by atoms with Crippen molar-refractivity contribution in [3.63, 3.8) is 0 Å². The van der Waals surface area contributed by atoms with Crippen LogP contribution in [0.2, 0.25) is 0 Å². The number of anilines is 1. The smallest absolute Gasteiger partial charge is 0.124 e. The highest BCUT2D eigenvalue weighted by atomic mass is 32.1. The van der Waals surface area contributed by atoms with Crippen molar-refractivity contribution in [1.29, 1.82) is 0 Å². The Kier molecular flexibility index (Phi) is 2.60. The number of aryl methyl sites for hydroxylation is 2.